The fourth-order valence-electron chi connectivity index (χ4n) is 2.99. The monoisotopic (exact) mass is 541 g/mol. The Balaban J connectivity index is 1.53. The summed E-state index contributed by atoms with van der Waals surface area (Å²) in [5.74, 6) is 0.0792. The molecule has 3 aromatic rings. The molecule has 0 atom stereocenters. The Bertz CT molecular complexity index is 1190. The zero-order valence-electron chi connectivity index (χ0n) is 18.7. The lowest BCUT2D eigenvalue weighted by molar-refractivity contribution is 0.0976. The summed E-state index contributed by atoms with van der Waals surface area (Å²) >= 11 is 8.67. The molecule has 176 valence electrons. The molecule has 0 heterocycles. The normalized spacial score (nSPS) is 10.3. The van der Waals surface area contributed by atoms with Crippen LogP contribution in [-0.4, -0.2) is 37.3 Å². The average molecular weight is 542 g/mol. The fourth-order valence-corrected chi connectivity index (χ4v) is 3.70. The summed E-state index contributed by atoms with van der Waals surface area (Å²) in [6.45, 7) is 2.76. The molecular weight excluding hydrogens is 518 g/mol. The second-order valence-corrected chi connectivity index (χ2v) is 8.50. The van der Waals surface area contributed by atoms with E-state index in [9.17, 15) is 9.59 Å². The topological polar surface area (TPSA) is 88.7 Å². The SMILES string of the molecule is COCCOc1ccc(C(=O)NC(=S)Nc2ccc(NC(=O)c3ccccc3C)cc2)cc1Br. The van der Waals surface area contributed by atoms with Crippen molar-refractivity contribution in [3.8, 4) is 5.75 Å². The zero-order valence-corrected chi connectivity index (χ0v) is 21.1. The zero-order chi connectivity index (χ0) is 24.5. The number of ether oxygens (including phenoxy) is 2. The van der Waals surface area contributed by atoms with Crippen molar-refractivity contribution in [3.63, 3.8) is 0 Å². The lowest BCUT2D eigenvalue weighted by atomic mass is 10.1. The second-order valence-electron chi connectivity index (χ2n) is 7.24. The summed E-state index contributed by atoms with van der Waals surface area (Å²) in [6, 6.07) is 19.4. The smallest absolute Gasteiger partial charge is 0.257 e. The number of benzene rings is 3. The molecule has 0 aliphatic rings. The largest absolute Gasteiger partial charge is 0.490 e. The summed E-state index contributed by atoms with van der Waals surface area (Å²) in [6.07, 6.45) is 0. The number of anilines is 2. The maximum Gasteiger partial charge on any atom is 0.257 e. The van der Waals surface area contributed by atoms with E-state index >= 15 is 0 Å². The van der Waals surface area contributed by atoms with Crippen LogP contribution in [0.25, 0.3) is 0 Å². The van der Waals surface area contributed by atoms with Gasteiger partial charge in [0.25, 0.3) is 11.8 Å². The van der Waals surface area contributed by atoms with Gasteiger partial charge in [0, 0.05) is 29.6 Å². The molecule has 3 rings (SSSR count). The second kappa shape index (κ2) is 12.3. The summed E-state index contributed by atoms with van der Waals surface area (Å²) < 4.78 is 11.2. The van der Waals surface area contributed by atoms with E-state index in [4.69, 9.17) is 21.7 Å². The van der Waals surface area contributed by atoms with E-state index in [-0.39, 0.29) is 16.9 Å². The average Bonchev–Trinajstić information content (AvgIpc) is 2.81. The van der Waals surface area contributed by atoms with Gasteiger partial charge >= 0.3 is 0 Å². The minimum atomic E-state index is -0.358. The molecule has 0 unspecified atom stereocenters. The van der Waals surface area contributed by atoms with Crippen LogP contribution in [0.2, 0.25) is 0 Å². The number of amides is 2. The predicted octanol–water partition coefficient (Wildman–Crippen LogP) is 5.16. The van der Waals surface area contributed by atoms with Gasteiger partial charge in [-0.15, -0.1) is 0 Å². The van der Waals surface area contributed by atoms with E-state index in [1.54, 1.807) is 55.6 Å². The Morgan fingerprint density at radius 2 is 1.59 bits per heavy atom. The highest BCUT2D eigenvalue weighted by molar-refractivity contribution is 9.10. The summed E-state index contributed by atoms with van der Waals surface area (Å²) in [7, 11) is 1.60. The number of thiocarbonyl (C=S) groups is 1. The molecule has 0 saturated heterocycles. The number of carbonyl (C=O) groups excluding carboxylic acids is 2. The Morgan fingerprint density at radius 1 is 0.912 bits per heavy atom. The molecule has 2 amide bonds. The lowest BCUT2D eigenvalue weighted by Gasteiger charge is -2.12. The van der Waals surface area contributed by atoms with E-state index in [2.05, 4.69) is 31.9 Å². The van der Waals surface area contributed by atoms with Gasteiger partial charge < -0.3 is 20.1 Å². The van der Waals surface area contributed by atoms with Gasteiger partial charge in [-0.3, -0.25) is 14.9 Å². The Morgan fingerprint density at radius 3 is 2.24 bits per heavy atom. The Hall–Kier alpha value is -3.27. The first-order chi connectivity index (χ1) is 16.4. The quantitative estimate of drug-likeness (QED) is 0.269. The maximum atomic E-state index is 12.5. The van der Waals surface area contributed by atoms with E-state index in [1.165, 1.54) is 0 Å². The first kappa shape index (κ1) is 25.4. The van der Waals surface area contributed by atoms with Crippen molar-refractivity contribution in [2.45, 2.75) is 6.92 Å². The third-order valence-electron chi connectivity index (χ3n) is 4.76. The van der Waals surface area contributed by atoms with Crippen LogP contribution < -0.4 is 20.7 Å². The third-order valence-corrected chi connectivity index (χ3v) is 5.58. The highest BCUT2D eigenvalue weighted by atomic mass is 79.9. The van der Waals surface area contributed by atoms with Crippen molar-refractivity contribution >= 4 is 56.4 Å². The molecule has 34 heavy (non-hydrogen) atoms. The van der Waals surface area contributed by atoms with Crippen molar-refractivity contribution in [3.05, 3.63) is 87.9 Å². The van der Waals surface area contributed by atoms with E-state index < -0.39 is 0 Å². The summed E-state index contributed by atoms with van der Waals surface area (Å²) in [4.78, 5) is 25.0. The molecule has 0 fully saturated rings. The molecule has 0 spiro atoms. The first-order valence-corrected chi connectivity index (χ1v) is 11.6. The van der Waals surface area contributed by atoms with Crippen LogP contribution in [-0.2, 0) is 4.74 Å². The van der Waals surface area contributed by atoms with Gasteiger partial charge in [0.05, 0.1) is 11.1 Å². The number of carbonyl (C=O) groups is 2. The molecule has 0 aliphatic carbocycles. The van der Waals surface area contributed by atoms with Crippen LogP contribution >= 0.6 is 28.1 Å². The van der Waals surface area contributed by atoms with Gasteiger partial charge in [-0.1, -0.05) is 18.2 Å². The summed E-state index contributed by atoms with van der Waals surface area (Å²) in [5.41, 5.74) is 3.26. The summed E-state index contributed by atoms with van der Waals surface area (Å²) in [5, 5.41) is 8.63. The molecular formula is C25H24BrN3O4S. The van der Waals surface area contributed by atoms with Crippen LogP contribution in [0.4, 0.5) is 11.4 Å². The van der Waals surface area contributed by atoms with Crippen molar-refractivity contribution in [2.24, 2.45) is 0 Å². The number of aryl methyl sites for hydroxylation is 1. The van der Waals surface area contributed by atoms with E-state index in [0.717, 1.165) is 5.56 Å². The van der Waals surface area contributed by atoms with Crippen LogP contribution in [0.5, 0.6) is 5.75 Å². The Labute approximate surface area is 212 Å². The van der Waals surface area contributed by atoms with Gasteiger partial charge in [-0.05, 0) is 89.2 Å². The maximum absolute atomic E-state index is 12.5. The molecule has 3 aromatic carbocycles. The van der Waals surface area contributed by atoms with Crippen LogP contribution in [0, 0.1) is 6.92 Å². The number of halogens is 1. The molecule has 7 nitrogen and oxygen atoms in total. The number of rotatable bonds is 8. The number of nitrogens with one attached hydrogen (secondary N) is 3. The minimum Gasteiger partial charge on any atom is -0.490 e. The molecule has 0 aliphatic heterocycles. The van der Waals surface area contributed by atoms with E-state index in [1.807, 2.05) is 25.1 Å². The van der Waals surface area contributed by atoms with Crippen molar-refractivity contribution < 1.29 is 19.1 Å². The molecule has 9 heteroatoms. The molecule has 3 N–H and O–H groups in total. The van der Waals surface area contributed by atoms with Gasteiger partial charge in [0.15, 0.2) is 5.11 Å². The molecule has 0 aromatic heterocycles. The highest BCUT2D eigenvalue weighted by Crippen LogP contribution is 2.26. The van der Waals surface area contributed by atoms with Gasteiger partial charge in [0.1, 0.15) is 12.4 Å². The van der Waals surface area contributed by atoms with Gasteiger partial charge in [0.2, 0.25) is 0 Å². The highest BCUT2D eigenvalue weighted by Gasteiger charge is 2.12. The van der Waals surface area contributed by atoms with Gasteiger partial charge in [-0.2, -0.15) is 0 Å². The standard InChI is InChI=1S/C25H24BrN3O4S/c1-16-5-3-4-6-20(16)24(31)27-18-8-10-19(11-9-18)28-25(34)29-23(30)17-7-12-22(21(26)15-17)33-14-13-32-2/h3-12,15H,13-14H2,1-2H3,(H,27,31)(H2,28,29,30,34). The fraction of sp³-hybridized carbons (Fsp3) is 0.160. The van der Waals surface area contributed by atoms with Crippen molar-refractivity contribution in [1.29, 1.82) is 0 Å². The number of hydrogen-bond donors (Lipinski definition) is 3. The lowest BCUT2D eigenvalue weighted by Crippen LogP contribution is -2.34. The van der Waals surface area contributed by atoms with E-state index in [0.29, 0.717) is 45.9 Å². The predicted molar refractivity (Wildman–Crippen MR) is 141 cm³/mol. The molecule has 0 saturated carbocycles. The third kappa shape index (κ3) is 7.11. The number of hydrogen-bond acceptors (Lipinski definition) is 5. The molecule has 0 bridgehead atoms. The first-order valence-electron chi connectivity index (χ1n) is 10.4. The number of methoxy groups -OCH3 is 1. The van der Waals surface area contributed by atoms with Crippen LogP contribution in [0.1, 0.15) is 26.3 Å². The van der Waals surface area contributed by atoms with Crippen LogP contribution in [0.15, 0.2) is 71.2 Å². The Kier molecular flexibility index (Phi) is 9.15. The van der Waals surface area contributed by atoms with Crippen LogP contribution in [0.3, 0.4) is 0 Å². The molecule has 0 radical (unpaired) electrons. The van der Waals surface area contributed by atoms with Crippen molar-refractivity contribution in [2.75, 3.05) is 31.0 Å². The van der Waals surface area contributed by atoms with Crippen molar-refractivity contribution in [1.82, 2.24) is 5.32 Å². The minimum absolute atomic E-state index is 0.151. The van der Waals surface area contributed by atoms with Gasteiger partial charge in [-0.25, -0.2) is 0 Å².